The number of aliphatic hydroxyl groups is 1. The van der Waals surface area contributed by atoms with E-state index in [9.17, 15) is 14.7 Å². The first kappa shape index (κ1) is 23.5. The van der Waals surface area contributed by atoms with E-state index in [-0.39, 0.29) is 17.9 Å². The summed E-state index contributed by atoms with van der Waals surface area (Å²) < 4.78 is 16.9. The molecule has 3 aromatic carbocycles. The number of likely N-dealkylation sites (tertiary alicyclic amines) is 1. The van der Waals surface area contributed by atoms with Crippen molar-refractivity contribution in [3.8, 4) is 17.2 Å². The van der Waals surface area contributed by atoms with E-state index in [1.165, 1.54) is 4.90 Å². The van der Waals surface area contributed by atoms with Crippen LogP contribution in [0.2, 0.25) is 0 Å². The number of rotatable bonds is 7. The predicted octanol–water partition coefficient (Wildman–Crippen LogP) is 4.87. The van der Waals surface area contributed by atoms with E-state index < -0.39 is 17.7 Å². The second kappa shape index (κ2) is 10.2. The molecular formula is C29H27NO6. The molecule has 2 aliphatic rings. The van der Waals surface area contributed by atoms with Crippen LogP contribution in [0.5, 0.6) is 17.2 Å². The van der Waals surface area contributed by atoms with E-state index in [1.807, 2.05) is 61.5 Å². The zero-order valence-corrected chi connectivity index (χ0v) is 20.0. The molecule has 0 aromatic heterocycles. The molecule has 2 aliphatic heterocycles. The molecule has 0 unspecified atom stereocenters. The SMILES string of the molecule is CCCOc1ccc([C@H]2C(=C(O)c3ccc4c(c3)OCCO4)C(=O)C(=O)N2Cc2ccccc2)cc1. The Morgan fingerprint density at radius 2 is 1.69 bits per heavy atom. The normalized spacial score (nSPS) is 18.4. The molecule has 184 valence electrons. The molecule has 1 N–H and O–H groups in total. The standard InChI is InChI=1S/C29H27NO6/c1-2-14-34-22-11-8-20(9-12-22)26-25(27(31)21-10-13-23-24(17-21)36-16-15-35-23)28(32)29(33)30(26)18-19-6-4-3-5-7-19/h3-13,17,26,31H,2,14-16,18H2,1H3/t26-/m0/s1. The number of ketones is 1. The molecule has 0 aliphatic carbocycles. The number of ether oxygens (including phenoxy) is 3. The van der Waals surface area contributed by atoms with Gasteiger partial charge in [0.05, 0.1) is 18.2 Å². The molecule has 2 heterocycles. The first-order valence-corrected chi connectivity index (χ1v) is 12.0. The lowest BCUT2D eigenvalue weighted by Crippen LogP contribution is -2.29. The topological polar surface area (TPSA) is 85.3 Å². The minimum Gasteiger partial charge on any atom is -0.507 e. The van der Waals surface area contributed by atoms with Gasteiger partial charge < -0.3 is 24.2 Å². The number of Topliss-reactive ketones (excluding diaryl/α,β-unsaturated/α-hetero) is 1. The van der Waals surface area contributed by atoms with Gasteiger partial charge in [-0.25, -0.2) is 0 Å². The Balaban J connectivity index is 1.59. The highest BCUT2D eigenvalue weighted by molar-refractivity contribution is 6.46. The summed E-state index contributed by atoms with van der Waals surface area (Å²) in [5.41, 5.74) is 2.00. The largest absolute Gasteiger partial charge is 0.507 e. The van der Waals surface area contributed by atoms with Crippen molar-refractivity contribution in [3.63, 3.8) is 0 Å². The van der Waals surface area contributed by atoms with Crippen molar-refractivity contribution in [2.24, 2.45) is 0 Å². The van der Waals surface area contributed by atoms with Gasteiger partial charge in [0.2, 0.25) is 0 Å². The minimum absolute atomic E-state index is 0.0369. The van der Waals surface area contributed by atoms with Crippen molar-refractivity contribution in [1.29, 1.82) is 0 Å². The molecule has 1 atom stereocenters. The molecule has 7 heteroatoms. The Morgan fingerprint density at radius 1 is 0.972 bits per heavy atom. The van der Waals surface area contributed by atoms with Crippen LogP contribution in [0.15, 0.2) is 78.4 Å². The average Bonchev–Trinajstić information content (AvgIpc) is 3.17. The number of carbonyl (C=O) groups excluding carboxylic acids is 2. The Labute approximate surface area is 209 Å². The van der Waals surface area contributed by atoms with Crippen molar-refractivity contribution < 1.29 is 28.9 Å². The van der Waals surface area contributed by atoms with Crippen molar-refractivity contribution in [2.45, 2.75) is 25.9 Å². The lowest BCUT2D eigenvalue weighted by Gasteiger charge is -2.26. The van der Waals surface area contributed by atoms with Crippen LogP contribution >= 0.6 is 0 Å². The van der Waals surface area contributed by atoms with Gasteiger partial charge in [-0.15, -0.1) is 0 Å². The second-order valence-corrected chi connectivity index (χ2v) is 8.69. The highest BCUT2D eigenvalue weighted by Gasteiger charge is 2.46. The summed E-state index contributed by atoms with van der Waals surface area (Å²) in [5, 5.41) is 11.4. The third-order valence-corrected chi connectivity index (χ3v) is 6.22. The smallest absolute Gasteiger partial charge is 0.295 e. The highest BCUT2D eigenvalue weighted by Crippen LogP contribution is 2.42. The Bertz CT molecular complexity index is 1300. The summed E-state index contributed by atoms with van der Waals surface area (Å²) in [6, 6.07) is 21.0. The number of fused-ring (bicyclic) bond motifs is 1. The van der Waals surface area contributed by atoms with Crippen LogP contribution < -0.4 is 14.2 Å². The molecule has 7 nitrogen and oxygen atoms in total. The molecule has 1 saturated heterocycles. The molecule has 0 saturated carbocycles. The second-order valence-electron chi connectivity index (χ2n) is 8.69. The van der Waals surface area contributed by atoms with Gasteiger partial charge in [0, 0.05) is 12.1 Å². The quantitative estimate of drug-likeness (QED) is 0.292. The van der Waals surface area contributed by atoms with E-state index in [0.29, 0.717) is 48.2 Å². The highest BCUT2D eigenvalue weighted by atomic mass is 16.6. The number of hydrogen-bond donors (Lipinski definition) is 1. The number of hydrogen-bond acceptors (Lipinski definition) is 6. The maximum absolute atomic E-state index is 13.3. The van der Waals surface area contributed by atoms with E-state index >= 15 is 0 Å². The fourth-order valence-electron chi connectivity index (χ4n) is 4.48. The summed E-state index contributed by atoms with van der Waals surface area (Å²) >= 11 is 0. The number of benzene rings is 3. The molecular weight excluding hydrogens is 458 g/mol. The molecule has 3 aromatic rings. The van der Waals surface area contributed by atoms with Gasteiger partial charge in [-0.2, -0.15) is 0 Å². The summed E-state index contributed by atoms with van der Waals surface area (Å²) in [6.45, 7) is 3.69. The summed E-state index contributed by atoms with van der Waals surface area (Å²) in [7, 11) is 0. The minimum atomic E-state index is -0.765. The monoisotopic (exact) mass is 485 g/mol. The number of nitrogens with zero attached hydrogens (tertiary/aromatic N) is 1. The first-order chi connectivity index (χ1) is 17.6. The van der Waals surface area contributed by atoms with E-state index in [0.717, 1.165) is 12.0 Å². The Kier molecular flexibility index (Phi) is 6.62. The zero-order valence-electron chi connectivity index (χ0n) is 20.0. The Hall–Kier alpha value is -4.26. The van der Waals surface area contributed by atoms with Gasteiger partial charge >= 0.3 is 0 Å². The molecule has 1 fully saturated rings. The van der Waals surface area contributed by atoms with Crippen LogP contribution in [0.25, 0.3) is 5.76 Å². The van der Waals surface area contributed by atoms with Crippen molar-refractivity contribution in [3.05, 3.63) is 95.1 Å². The van der Waals surface area contributed by atoms with Crippen molar-refractivity contribution >= 4 is 17.4 Å². The van der Waals surface area contributed by atoms with E-state index in [1.54, 1.807) is 18.2 Å². The maximum atomic E-state index is 13.3. The van der Waals surface area contributed by atoms with Crippen LogP contribution in [-0.4, -0.2) is 41.5 Å². The zero-order chi connectivity index (χ0) is 25.1. The fourth-order valence-corrected chi connectivity index (χ4v) is 4.48. The lowest BCUT2D eigenvalue weighted by atomic mass is 9.95. The summed E-state index contributed by atoms with van der Waals surface area (Å²) in [5.74, 6) is 0.118. The molecule has 36 heavy (non-hydrogen) atoms. The fraction of sp³-hybridized carbons (Fsp3) is 0.241. The third kappa shape index (κ3) is 4.52. The van der Waals surface area contributed by atoms with Crippen LogP contribution in [0, 0.1) is 0 Å². The van der Waals surface area contributed by atoms with Crippen LogP contribution in [0.3, 0.4) is 0 Å². The summed E-state index contributed by atoms with van der Waals surface area (Å²) in [4.78, 5) is 28.1. The number of aliphatic hydroxyl groups excluding tert-OH is 1. The van der Waals surface area contributed by atoms with Crippen LogP contribution in [0.4, 0.5) is 0 Å². The molecule has 0 spiro atoms. The summed E-state index contributed by atoms with van der Waals surface area (Å²) in [6.07, 6.45) is 0.883. The van der Waals surface area contributed by atoms with Crippen molar-refractivity contribution in [2.75, 3.05) is 19.8 Å². The van der Waals surface area contributed by atoms with E-state index in [4.69, 9.17) is 14.2 Å². The molecule has 1 amide bonds. The van der Waals surface area contributed by atoms with Crippen LogP contribution in [-0.2, 0) is 16.1 Å². The van der Waals surface area contributed by atoms with Gasteiger partial charge in [0.15, 0.2) is 11.5 Å². The van der Waals surface area contributed by atoms with Gasteiger partial charge in [0.25, 0.3) is 11.7 Å². The third-order valence-electron chi connectivity index (χ3n) is 6.22. The van der Waals surface area contributed by atoms with E-state index in [2.05, 4.69) is 0 Å². The molecule has 0 radical (unpaired) electrons. The maximum Gasteiger partial charge on any atom is 0.295 e. The van der Waals surface area contributed by atoms with Gasteiger partial charge in [-0.3, -0.25) is 9.59 Å². The lowest BCUT2D eigenvalue weighted by molar-refractivity contribution is -0.140. The average molecular weight is 486 g/mol. The van der Waals surface area contributed by atoms with Gasteiger partial charge in [-0.1, -0.05) is 49.4 Å². The predicted molar refractivity (Wildman–Crippen MR) is 134 cm³/mol. The van der Waals surface area contributed by atoms with Gasteiger partial charge in [0.1, 0.15) is 24.7 Å². The molecule has 5 rings (SSSR count). The van der Waals surface area contributed by atoms with Crippen LogP contribution in [0.1, 0.15) is 36.1 Å². The Morgan fingerprint density at radius 3 is 2.42 bits per heavy atom. The number of carbonyl (C=O) groups is 2. The molecule has 0 bridgehead atoms. The van der Waals surface area contributed by atoms with Crippen molar-refractivity contribution in [1.82, 2.24) is 4.90 Å². The first-order valence-electron chi connectivity index (χ1n) is 12.0. The number of amides is 1. The van der Waals surface area contributed by atoms with Gasteiger partial charge in [-0.05, 0) is 47.9 Å².